The van der Waals surface area contributed by atoms with Crippen molar-refractivity contribution < 1.29 is 4.74 Å². The topological polar surface area (TPSA) is 48.1 Å². The number of rotatable bonds is 2. The number of benzene rings is 2. The normalized spacial score (nSPS) is 10.7. The Morgan fingerprint density at radius 2 is 1.80 bits per heavy atom. The van der Waals surface area contributed by atoms with Crippen LogP contribution in [0.3, 0.4) is 0 Å². The molecule has 0 atom stereocenters. The first-order valence-electron chi connectivity index (χ1n) is 6.52. The second-order valence-corrected chi connectivity index (χ2v) is 4.95. The Morgan fingerprint density at radius 1 is 1.00 bits per heavy atom. The Balaban J connectivity index is 2.04. The minimum absolute atomic E-state index is 0.643. The first kappa shape index (κ1) is 12.5. The van der Waals surface area contributed by atoms with E-state index in [1.807, 2.05) is 37.3 Å². The lowest BCUT2D eigenvalue weighted by Gasteiger charge is -2.12. The van der Waals surface area contributed by atoms with Crippen LogP contribution in [0.2, 0.25) is 0 Å². The van der Waals surface area contributed by atoms with Crippen LogP contribution in [0.4, 0.5) is 5.69 Å². The van der Waals surface area contributed by atoms with E-state index in [-0.39, 0.29) is 0 Å². The first-order valence-corrected chi connectivity index (χ1v) is 6.52. The summed E-state index contributed by atoms with van der Waals surface area (Å²) in [5.74, 6) is 1.51. The fourth-order valence-electron chi connectivity index (χ4n) is 2.29. The average Bonchev–Trinajstić information content (AvgIpc) is 2.45. The number of aryl methyl sites for hydroxylation is 2. The number of hydrogen-bond donors (Lipinski definition) is 1. The van der Waals surface area contributed by atoms with E-state index in [2.05, 4.69) is 18.0 Å². The van der Waals surface area contributed by atoms with Crippen LogP contribution in [-0.4, -0.2) is 4.98 Å². The zero-order chi connectivity index (χ0) is 14.1. The minimum atomic E-state index is 0.643. The van der Waals surface area contributed by atoms with E-state index in [0.717, 1.165) is 22.1 Å². The highest BCUT2D eigenvalue weighted by molar-refractivity contribution is 5.95. The third kappa shape index (κ3) is 2.18. The van der Waals surface area contributed by atoms with Crippen molar-refractivity contribution in [1.29, 1.82) is 0 Å². The zero-order valence-corrected chi connectivity index (χ0v) is 11.6. The second-order valence-electron chi connectivity index (χ2n) is 4.95. The van der Waals surface area contributed by atoms with Crippen LogP contribution in [-0.2, 0) is 0 Å². The maximum atomic E-state index is 6.19. The third-order valence-corrected chi connectivity index (χ3v) is 3.37. The molecule has 0 bridgehead atoms. The van der Waals surface area contributed by atoms with Crippen molar-refractivity contribution in [2.75, 3.05) is 5.73 Å². The van der Waals surface area contributed by atoms with Crippen molar-refractivity contribution in [3.05, 3.63) is 59.9 Å². The summed E-state index contributed by atoms with van der Waals surface area (Å²) in [5, 5.41) is 1.97. The number of nitrogens with two attached hydrogens (primary N) is 1. The lowest BCUT2D eigenvalue weighted by atomic mass is 10.1. The maximum Gasteiger partial charge on any atom is 0.150 e. The fraction of sp³-hybridized carbons (Fsp3) is 0.118. The molecule has 3 heteroatoms. The minimum Gasteiger partial charge on any atom is -0.455 e. The van der Waals surface area contributed by atoms with E-state index in [4.69, 9.17) is 10.5 Å². The molecule has 0 spiro atoms. The van der Waals surface area contributed by atoms with Crippen molar-refractivity contribution in [3.8, 4) is 11.5 Å². The Bertz CT molecular complexity index is 781. The Hall–Kier alpha value is -2.55. The molecule has 0 unspecified atom stereocenters. The van der Waals surface area contributed by atoms with E-state index in [0.29, 0.717) is 11.4 Å². The van der Waals surface area contributed by atoms with Crippen LogP contribution in [0.1, 0.15) is 11.1 Å². The molecule has 100 valence electrons. The lowest BCUT2D eigenvalue weighted by Crippen LogP contribution is -1.95. The number of ether oxygens (including phenoxy) is 1. The molecular weight excluding hydrogens is 248 g/mol. The van der Waals surface area contributed by atoms with E-state index in [1.54, 1.807) is 12.4 Å². The van der Waals surface area contributed by atoms with Crippen LogP contribution >= 0.6 is 0 Å². The van der Waals surface area contributed by atoms with Gasteiger partial charge in [0.05, 0.1) is 5.69 Å². The van der Waals surface area contributed by atoms with Crippen molar-refractivity contribution in [1.82, 2.24) is 4.98 Å². The number of pyridine rings is 1. The molecule has 3 rings (SSSR count). The molecule has 0 aliphatic carbocycles. The highest BCUT2D eigenvalue weighted by Gasteiger charge is 2.08. The van der Waals surface area contributed by atoms with Crippen molar-refractivity contribution in [2.24, 2.45) is 0 Å². The summed E-state index contributed by atoms with van der Waals surface area (Å²) in [6, 6.07) is 11.9. The van der Waals surface area contributed by atoms with Crippen molar-refractivity contribution in [3.63, 3.8) is 0 Å². The molecule has 20 heavy (non-hydrogen) atoms. The highest BCUT2D eigenvalue weighted by atomic mass is 16.5. The maximum absolute atomic E-state index is 6.19. The molecule has 0 radical (unpaired) electrons. The number of hydrogen-bond acceptors (Lipinski definition) is 3. The zero-order valence-electron chi connectivity index (χ0n) is 11.6. The van der Waals surface area contributed by atoms with E-state index >= 15 is 0 Å². The van der Waals surface area contributed by atoms with Crippen LogP contribution in [0, 0.1) is 13.8 Å². The standard InChI is InChI=1S/C17H16N2O/c1-11-3-5-15(12(2)9-11)20-16-6-4-13-10-19-8-7-14(13)17(16)18/h3-10H,18H2,1-2H3. The molecule has 3 aromatic rings. The molecule has 3 nitrogen and oxygen atoms in total. The summed E-state index contributed by atoms with van der Waals surface area (Å²) >= 11 is 0. The summed E-state index contributed by atoms with van der Waals surface area (Å²) in [7, 11) is 0. The average molecular weight is 264 g/mol. The smallest absolute Gasteiger partial charge is 0.150 e. The predicted molar refractivity (Wildman–Crippen MR) is 82.1 cm³/mol. The van der Waals surface area contributed by atoms with E-state index in [1.165, 1.54) is 5.56 Å². The molecule has 0 saturated heterocycles. The molecule has 0 aliphatic rings. The van der Waals surface area contributed by atoms with Gasteiger partial charge in [0, 0.05) is 23.2 Å². The van der Waals surface area contributed by atoms with Crippen molar-refractivity contribution in [2.45, 2.75) is 13.8 Å². The van der Waals surface area contributed by atoms with Gasteiger partial charge in [-0.05, 0) is 43.7 Å². The summed E-state index contributed by atoms with van der Waals surface area (Å²) in [6.45, 7) is 4.09. The molecule has 2 aromatic carbocycles. The molecule has 0 amide bonds. The molecule has 0 saturated carbocycles. The molecule has 0 fully saturated rings. The predicted octanol–water partition coefficient (Wildman–Crippen LogP) is 4.23. The quantitative estimate of drug-likeness (QED) is 0.705. The molecule has 1 aromatic heterocycles. The fourth-order valence-corrected chi connectivity index (χ4v) is 2.29. The number of nitrogen functional groups attached to an aromatic ring is 1. The van der Waals surface area contributed by atoms with Gasteiger partial charge in [0.15, 0.2) is 5.75 Å². The number of aromatic nitrogens is 1. The van der Waals surface area contributed by atoms with Gasteiger partial charge in [0.2, 0.25) is 0 Å². The molecule has 2 N–H and O–H groups in total. The van der Waals surface area contributed by atoms with Gasteiger partial charge in [-0.2, -0.15) is 0 Å². The SMILES string of the molecule is Cc1ccc(Oc2ccc3cnccc3c2N)c(C)c1. The second kappa shape index (κ2) is 4.85. The summed E-state index contributed by atoms with van der Waals surface area (Å²) in [6.07, 6.45) is 3.53. The van der Waals surface area contributed by atoms with E-state index in [9.17, 15) is 0 Å². The lowest BCUT2D eigenvalue weighted by molar-refractivity contribution is 0.482. The van der Waals surface area contributed by atoms with Crippen LogP contribution in [0.15, 0.2) is 48.8 Å². The molecular formula is C17H16N2O. The summed E-state index contributed by atoms with van der Waals surface area (Å²) < 4.78 is 5.96. The van der Waals surface area contributed by atoms with Crippen LogP contribution < -0.4 is 10.5 Å². The Morgan fingerprint density at radius 3 is 2.60 bits per heavy atom. The monoisotopic (exact) mass is 264 g/mol. The van der Waals surface area contributed by atoms with Gasteiger partial charge in [0.25, 0.3) is 0 Å². The number of anilines is 1. The number of fused-ring (bicyclic) bond motifs is 1. The Kier molecular flexibility index (Phi) is 3.03. The van der Waals surface area contributed by atoms with Crippen LogP contribution in [0.25, 0.3) is 10.8 Å². The van der Waals surface area contributed by atoms with Gasteiger partial charge >= 0.3 is 0 Å². The first-order chi connectivity index (χ1) is 9.65. The third-order valence-electron chi connectivity index (χ3n) is 3.37. The van der Waals surface area contributed by atoms with Gasteiger partial charge in [-0.15, -0.1) is 0 Å². The summed E-state index contributed by atoms with van der Waals surface area (Å²) in [5.41, 5.74) is 9.15. The van der Waals surface area contributed by atoms with Gasteiger partial charge in [0.1, 0.15) is 5.75 Å². The summed E-state index contributed by atoms with van der Waals surface area (Å²) in [4.78, 5) is 4.10. The van der Waals surface area contributed by atoms with Gasteiger partial charge in [-0.3, -0.25) is 4.98 Å². The van der Waals surface area contributed by atoms with Gasteiger partial charge in [-0.1, -0.05) is 17.7 Å². The number of nitrogens with zero attached hydrogens (tertiary/aromatic N) is 1. The Labute approximate surface area is 118 Å². The van der Waals surface area contributed by atoms with Gasteiger partial charge in [-0.25, -0.2) is 0 Å². The highest BCUT2D eigenvalue weighted by Crippen LogP contribution is 2.34. The van der Waals surface area contributed by atoms with Gasteiger partial charge < -0.3 is 10.5 Å². The van der Waals surface area contributed by atoms with Crippen molar-refractivity contribution >= 4 is 16.5 Å². The van der Waals surface area contributed by atoms with Crippen LogP contribution in [0.5, 0.6) is 11.5 Å². The largest absolute Gasteiger partial charge is 0.455 e. The molecule has 1 heterocycles. The molecule has 0 aliphatic heterocycles. The van der Waals surface area contributed by atoms with E-state index < -0.39 is 0 Å².